The van der Waals surface area contributed by atoms with E-state index < -0.39 is 17.2 Å². The molecule has 8 heteroatoms. The highest BCUT2D eigenvalue weighted by Crippen LogP contribution is 2.30. The first-order valence-corrected chi connectivity index (χ1v) is 6.09. The summed E-state index contributed by atoms with van der Waals surface area (Å²) in [5, 5.41) is 0.0316. The molecule has 0 saturated heterocycles. The molecule has 1 aromatic carbocycles. The van der Waals surface area contributed by atoms with E-state index in [2.05, 4.69) is 9.97 Å². The summed E-state index contributed by atoms with van der Waals surface area (Å²) in [6.07, 6.45) is -4.61. The third-order valence-corrected chi connectivity index (χ3v) is 2.69. The SMILES string of the molecule is FC(F)(F)c1cc(OCc2ccc(Cl)cc2)nc(Cl)n1. The van der Waals surface area contributed by atoms with Crippen LogP contribution in [0.25, 0.3) is 0 Å². The van der Waals surface area contributed by atoms with Gasteiger partial charge in [-0.1, -0.05) is 23.7 Å². The number of benzene rings is 1. The van der Waals surface area contributed by atoms with E-state index in [1.165, 1.54) is 0 Å². The van der Waals surface area contributed by atoms with Gasteiger partial charge >= 0.3 is 6.18 Å². The van der Waals surface area contributed by atoms with Gasteiger partial charge in [0.15, 0.2) is 5.69 Å². The Morgan fingerprint density at radius 1 is 1.05 bits per heavy atom. The first-order chi connectivity index (χ1) is 9.34. The maximum Gasteiger partial charge on any atom is 0.433 e. The van der Waals surface area contributed by atoms with Gasteiger partial charge in [-0.25, -0.2) is 4.98 Å². The number of halogens is 5. The smallest absolute Gasteiger partial charge is 0.433 e. The molecule has 1 heterocycles. The molecule has 106 valence electrons. The number of aromatic nitrogens is 2. The van der Waals surface area contributed by atoms with E-state index in [0.717, 1.165) is 5.56 Å². The molecule has 0 unspecified atom stereocenters. The van der Waals surface area contributed by atoms with Crippen LogP contribution in [-0.4, -0.2) is 9.97 Å². The second-order valence-electron chi connectivity index (χ2n) is 3.77. The average Bonchev–Trinajstić information content (AvgIpc) is 2.36. The number of hydrogen-bond donors (Lipinski definition) is 0. The number of ether oxygens (including phenoxy) is 1. The molecular weight excluding hydrogens is 316 g/mol. The fraction of sp³-hybridized carbons (Fsp3) is 0.167. The summed E-state index contributed by atoms with van der Waals surface area (Å²) >= 11 is 11.2. The van der Waals surface area contributed by atoms with Gasteiger partial charge in [-0.05, 0) is 29.3 Å². The van der Waals surface area contributed by atoms with Crippen LogP contribution < -0.4 is 4.74 Å². The first-order valence-electron chi connectivity index (χ1n) is 5.33. The third kappa shape index (κ3) is 3.98. The molecule has 0 aliphatic rings. The van der Waals surface area contributed by atoms with Gasteiger partial charge in [0.1, 0.15) is 6.61 Å². The lowest BCUT2D eigenvalue weighted by Gasteiger charge is -2.09. The predicted molar refractivity (Wildman–Crippen MR) is 67.8 cm³/mol. The van der Waals surface area contributed by atoms with Crippen molar-refractivity contribution < 1.29 is 17.9 Å². The van der Waals surface area contributed by atoms with Crippen molar-refractivity contribution in [1.82, 2.24) is 9.97 Å². The molecular formula is C12H7Cl2F3N2O. The van der Waals surface area contributed by atoms with Crippen LogP contribution in [0.4, 0.5) is 13.2 Å². The van der Waals surface area contributed by atoms with Crippen LogP contribution in [-0.2, 0) is 12.8 Å². The molecule has 20 heavy (non-hydrogen) atoms. The Bertz CT molecular complexity index is 603. The Kier molecular flexibility index (Phi) is 4.35. The highest BCUT2D eigenvalue weighted by atomic mass is 35.5. The molecule has 3 nitrogen and oxygen atoms in total. The van der Waals surface area contributed by atoms with Gasteiger partial charge in [-0.3, -0.25) is 0 Å². The Morgan fingerprint density at radius 3 is 2.30 bits per heavy atom. The molecule has 0 radical (unpaired) electrons. The van der Waals surface area contributed by atoms with Gasteiger partial charge in [0.05, 0.1) is 0 Å². The first kappa shape index (κ1) is 14.9. The van der Waals surface area contributed by atoms with Crippen LogP contribution in [0.5, 0.6) is 5.88 Å². The van der Waals surface area contributed by atoms with Crippen LogP contribution in [0, 0.1) is 0 Å². The molecule has 0 spiro atoms. The molecule has 0 saturated carbocycles. The summed E-state index contributed by atoms with van der Waals surface area (Å²) in [5.74, 6) is -0.243. The summed E-state index contributed by atoms with van der Waals surface area (Å²) < 4.78 is 42.8. The van der Waals surface area contributed by atoms with Crippen molar-refractivity contribution in [2.75, 3.05) is 0 Å². The second kappa shape index (κ2) is 5.85. The lowest BCUT2D eigenvalue weighted by molar-refractivity contribution is -0.141. The Morgan fingerprint density at radius 2 is 1.70 bits per heavy atom. The summed E-state index contributed by atoms with van der Waals surface area (Å²) in [5.41, 5.74) is -0.415. The number of alkyl halides is 3. The zero-order chi connectivity index (χ0) is 14.8. The van der Waals surface area contributed by atoms with E-state index in [1.807, 2.05) is 0 Å². The third-order valence-electron chi connectivity index (χ3n) is 2.27. The topological polar surface area (TPSA) is 35.0 Å². The van der Waals surface area contributed by atoms with E-state index in [-0.39, 0.29) is 12.5 Å². The Labute approximate surface area is 122 Å². The van der Waals surface area contributed by atoms with Crippen molar-refractivity contribution in [2.45, 2.75) is 12.8 Å². The minimum Gasteiger partial charge on any atom is -0.473 e. The van der Waals surface area contributed by atoms with E-state index in [1.54, 1.807) is 24.3 Å². The zero-order valence-electron chi connectivity index (χ0n) is 9.79. The molecule has 2 aromatic rings. The monoisotopic (exact) mass is 322 g/mol. The van der Waals surface area contributed by atoms with Crippen LogP contribution in [0.3, 0.4) is 0 Å². The van der Waals surface area contributed by atoms with Crippen molar-refractivity contribution in [1.29, 1.82) is 0 Å². The summed E-state index contributed by atoms with van der Waals surface area (Å²) in [6, 6.07) is 7.37. The van der Waals surface area contributed by atoms with E-state index in [9.17, 15) is 13.2 Å². The number of rotatable bonds is 3. The van der Waals surface area contributed by atoms with Crippen LogP contribution in [0.15, 0.2) is 30.3 Å². The van der Waals surface area contributed by atoms with Crippen LogP contribution in [0.2, 0.25) is 10.3 Å². The Balaban J connectivity index is 2.13. The number of hydrogen-bond acceptors (Lipinski definition) is 3. The zero-order valence-corrected chi connectivity index (χ0v) is 11.3. The van der Waals surface area contributed by atoms with Crippen molar-refractivity contribution >= 4 is 23.2 Å². The molecule has 0 N–H and O–H groups in total. The van der Waals surface area contributed by atoms with Gasteiger partial charge in [0.2, 0.25) is 11.2 Å². The van der Waals surface area contributed by atoms with Crippen molar-refractivity contribution in [3.8, 4) is 5.88 Å². The fourth-order valence-corrected chi connectivity index (χ4v) is 1.65. The van der Waals surface area contributed by atoms with Crippen LogP contribution >= 0.6 is 23.2 Å². The van der Waals surface area contributed by atoms with Gasteiger partial charge < -0.3 is 4.74 Å². The van der Waals surface area contributed by atoms with Gasteiger partial charge in [-0.2, -0.15) is 18.2 Å². The predicted octanol–water partition coefficient (Wildman–Crippen LogP) is 4.38. The van der Waals surface area contributed by atoms with E-state index in [4.69, 9.17) is 27.9 Å². The maximum absolute atomic E-state index is 12.5. The molecule has 0 aliphatic heterocycles. The summed E-state index contributed by atoms with van der Waals surface area (Å²) in [6.45, 7) is 0.0435. The number of nitrogens with zero attached hydrogens (tertiary/aromatic N) is 2. The summed E-state index contributed by atoms with van der Waals surface area (Å²) in [4.78, 5) is 6.69. The normalized spacial score (nSPS) is 11.4. The lowest BCUT2D eigenvalue weighted by atomic mass is 10.2. The van der Waals surface area contributed by atoms with Crippen molar-refractivity contribution in [3.05, 3.63) is 51.9 Å². The minimum absolute atomic E-state index is 0.0435. The molecule has 1 aromatic heterocycles. The van der Waals surface area contributed by atoms with Crippen molar-refractivity contribution in [2.24, 2.45) is 0 Å². The Hall–Kier alpha value is -1.53. The van der Waals surface area contributed by atoms with E-state index >= 15 is 0 Å². The highest BCUT2D eigenvalue weighted by molar-refractivity contribution is 6.30. The summed E-state index contributed by atoms with van der Waals surface area (Å²) in [7, 11) is 0. The standard InChI is InChI=1S/C12H7Cl2F3N2O/c13-8-3-1-7(2-4-8)6-20-10-5-9(12(15,16)17)18-11(14)19-10/h1-5H,6H2. The average molecular weight is 323 g/mol. The molecule has 0 atom stereocenters. The molecule has 0 aliphatic carbocycles. The largest absolute Gasteiger partial charge is 0.473 e. The molecule has 0 amide bonds. The van der Waals surface area contributed by atoms with Crippen molar-refractivity contribution in [3.63, 3.8) is 0 Å². The van der Waals surface area contributed by atoms with Gasteiger partial charge in [0.25, 0.3) is 0 Å². The van der Waals surface area contributed by atoms with E-state index in [0.29, 0.717) is 11.1 Å². The van der Waals surface area contributed by atoms with Gasteiger partial charge in [0, 0.05) is 11.1 Å². The molecule has 0 bridgehead atoms. The van der Waals surface area contributed by atoms with Gasteiger partial charge in [-0.15, -0.1) is 0 Å². The fourth-order valence-electron chi connectivity index (χ4n) is 1.35. The van der Waals surface area contributed by atoms with Crippen LogP contribution in [0.1, 0.15) is 11.3 Å². The molecule has 2 rings (SSSR count). The highest BCUT2D eigenvalue weighted by Gasteiger charge is 2.33. The quantitative estimate of drug-likeness (QED) is 0.786. The maximum atomic E-state index is 12.5. The second-order valence-corrected chi connectivity index (χ2v) is 4.55. The minimum atomic E-state index is -4.61. The lowest BCUT2D eigenvalue weighted by Crippen LogP contribution is -2.10. The molecule has 0 fully saturated rings.